The Morgan fingerprint density at radius 2 is 2.05 bits per heavy atom. The summed E-state index contributed by atoms with van der Waals surface area (Å²) in [6.45, 7) is 7.59. The Kier molecular flexibility index (Phi) is 5.98. The molecule has 1 saturated heterocycles. The second-order valence-corrected chi connectivity index (χ2v) is 6.59. The van der Waals surface area contributed by atoms with E-state index in [1.165, 1.54) is 16.7 Å². The summed E-state index contributed by atoms with van der Waals surface area (Å²) in [4.78, 5) is 15.3. The van der Waals surface area contributed by atoms with E-state index in [-0.39, 0.29) is 6.54 Å². The lowest BCUT2D eigenvalue weighted by atomic mass is 10.1. The molecule has 1 aromatic carbocycles. The van der Waals surface area contributed by atoms with Crippen LogP contribution in [0.5, 0.6) is 0 Å². The molecule has 1 fully saturated rings. The van der Waals surface area contributed by atoms with Gasteiger partial charge in [0.25, 0.3) is 0 Å². The normalized spacial score (nSPS) is 20.1. The van der Waals surface area contributed by atoms with Crippen molar-refractivity contribution in [3.63, 3.8) is 0 Å². The highest BCUT2D eigenvalue weighted by molar-refractivity contribution is 5.69. The van der Waals surface area contributed by atoms with Crippen LogP contribution in [0.15, 0.2) is 18.2 Å². The standard InChI is InChI=1S/C18H28N2O2/c1-14-6-7-16(11-15(14)2)12-20-9-4-5-17(8-10-20)19(3)13-18(21)22/h6-7,11,17H,4-5,8-10,12-13H2,1-3H3,(H,21,22). The van der Waals surface area contributed by atoms with Crippen molar-refractivity contribution in [1.29, 1.82) is 0 Å². The zero-order valence-electron chi connectivity index (χ0n) is 14.0. The molecule has 1 aromatic rings. The van der Waals surface area contributed by atoms with Crippen LogP contribution in [-0.2, 0) is 11.3 Å². The first kappa shape index (κ1) is 17.0. The fraction of sp³-hybridized carbons (Fsp3) is 0.611. The van der Waals surface area contributed by atoms with Gasteiger partial charge in [-0.25, -0.2) is 0 Å². The van der Waals surface area contributed by atoms with E-state index in [0.717, 1.165) is 38.9 Å². The lowest BCUT2D eigenvalue weighted by molar-refractivity contribution is -0.138. The molecule has 1 atom stereocenters. The van der Waals surface area contributed by atoms with Gasteiger partial charge in [-0.2, -0.15) is 0 Å². The summed E-state index contributed by atoms with van der Waals surface area (Å²) in [5.41, 5.74) is 4.07. The molecule has 0 aromatic heterocycles. The number of carbonyl (C=O) groups is 1. The third-order valence-electron chi connectivity index (χ3n) is 4.78. The molecule has 2 rings (SSSR count). The van der Waals surface area contributed by atoms with Gasteiger partial charge in [0.15, 0.2) is 0 Å². The maximum Gasteiger partial charge on any atom is 0.317 e. The number of nitrogens with zero attached hydrogens (tertiary/aromatic N) is 2. The van der Waals surface area contributed by atoms with Gasteiger partial charge in [0.05, 0.1) is 6.54 Å². The Balaban J connectivity index is 1.89. The van der Waals surface area contributed by atoms with Gasteiger partial charge in [0.1, 0.15) is 0 Å². The molecule has 0 radical (unpaired) electrons. The molecule has 1 aliphatic heterocycles. The van der Waals surface area contributed by atoms with Crippen molar-refractivity contribution in [3.05, 3.63) is 34.9 Å². The maximum absolute atomic E-state index is 10.9. The van der Waals surface area contributed by atoms with E-state index in [1.54, 1.807) is 0 Å². The van der Waals surface area contributed by atoms with Gasteiger partial charge in [0.2, 0.25) is 0 Å². The van der Waals surface area contributed by atoms with Gasteiger partial charge in [-0.05, 0) is 69.9 Å². The number of carboxylic acid groups (broad SMARTS) is 1. The van der Waals surface area contributed by atoms with Crippen molar-refractivity contribution in [2.75, 3.05) is 26.7 Å². The number of rotatable bonds is 5. The van der Waals surface area contributed by atoms with E-state index >= 15 is 0 Å². The average molecular weight is 304 g/mol. The Morgan fingerprint density at radius 3 is 2.73 bits per heavy atom. The van der Waals surface area contributed by atoms with E-state index in [1.807, 2.05) is 11.9 Å². The summed E-state index contributed by atoms with van der Waals surface area (Å²) < 4.78 is 0. The molecule has 4 nitrogen and oxygen atoms in total. The average Bonchev–Trinajstić information content (AvgIpc) is 2.68. The predicted octanol–water partition coefficient (Wildman–Crippen LogP) is 2.67. The molecule has 1 heterocycles. The van der Waals surface area contributed by atoms with E-state index in [2.05, 4.69) is 36.9 Å². The van der Waals surface area contributed by atoms with Crippen molar-refractivity contribution in [3.8, 4) is 0 Å². The molecule has 0 bridgehead atoms. The van der Waals surface area contributed by atoms with Crippen LogP contribution < -0.4 is 0 Å². The van der Waals surface area contributed by atoms with Crippen molar-refractivity contribution >= 4 is 5.97 Å². The summed E-state index contributed by atoms with van der Waals surface area (Å²) in [6.07, 6.45) is 3.28. The minimum absolute atomic E-state index is 0.141. The lowest BCUT2D eigenvalue weighted by Gasteiger charge is -2.25. The molecule has 4 heteroatoms. The van der Waals surface area contributed by atoms with Crippen LogP contribution in [0, 0.1) is 13.8 Å². The predicted molar refractivity (Wildman–Crippen MR) is 89.1 cm³/mol. The minimum atomic E-state index is -0.737. The van der Waals surface area contributed by atoms with E-state index < -0.39 is 5.97 Å². The van der Waals surface area contributed by atoms with Gasteiger partial charge >= 0.3 is 5.97 Å². The summed E-state index contributed by atoms with van der Waals surface area (Å²) in [5, 5.41) is 8.93. The monoisotopic (exact) mass is 304 g/mol. The molecule has 1 unspecified atom stereocenters. The number of benzene rings is 1. The second-order valence-electron chi connectivity index (χ2n) is 6.59. The van der Waals surface area contributed by atoms with Crippen LogP contribution >= 0.6 is 0 Å². The third-order valence-corrected chi connectivity index (χ3v) is 4.78. The van der Waals surface area contributed by atoms with Crippen molar-refractivity contribution in [1.82, 2.24) is 9.80 Å². The van der Waals surface area contributed by atoms with Crippen LogP contribution in [0.2, 0.25) is 0 Å². The zero-order chi connectivity index (χ0) is 16.1. The van der Waals surface area contributed by atoms with Gasteiger partial charge < -0.3 is 5.11 Å². The van der Waals surface area contributed by atoms with Crippen molar-refractivity contribution in [2.45, 2.75) is 45.7 Å². The maximum atomic E-state index is 10.9. The number of aliphatic carboxylic acids is 1. The highest BCUT2D eigenvalue weighted by Gasteiger charge is 2.21. The molecule has 22 heavy (non-hydrogen) atoms. The first-order valence-corrected chi connectivity index (χ1v) is 8.16. The number of hydrogen-bond donors (Lipinski definition) is 1. The van der Waals surface area contributed by atoms with Gasteiger partial charge in [0, 0.05) is 12.6 Å². The third kappa shape index (κ3) is 4.82. The Labute approximate surface area is 133 Å². The Hall–Kier alpha value is -1.39. The largest absolute Gasteiger partial charge is 0.480 e. The minimum Gasteiger partial charge on any atom is -0.480 e. The number of hydrogen-bond acceptors (Lipinski definition) is 3. The van der Waals surface area contributed by atoms with Crippen LogP contribution in [0.3, 0.4) is 0 Å². The first-order valence-electron chi connectivity index (χ1n) is 8.16. The molecule has 0 aliphatic carbocycles. The summed E-state index contributed by atoms with van der Waals surface area (Å²) in [7, 11) is 1.93. The van der Waals surface area contributed by atoms with Crippen LogP contribution in [0.25, 0.3) is 0 Å². The van der Waals surface area contributed by atoms with Crippen LogP contribution in [-0.4, -0.2) is 53.6 Å². The van der Waals surface area contributed by atoms with Gasteiger partial charge in [-0.15, -0.1) is 0 Å². The summed E-state index contributed by atoms with van der Waals surface area (Å²) >= 11 is 0. The van der Waals surface area contributed by atoms with Gasteiger partial charge in [-0.3, -0.25) is 14.6 Å². The summed E-state index contributed by atoms with van der Waals surface area (Å²) in [5.74, 6) is -0.737. The second kappa shape index (κ2) is 7.75. The Bertz CT molecular complexity index is 516. The molecule has 122 valence electrons. The van der Waals surface area contributed by atoms with Crippen molar-refractivity contribution in [2.24, 2.45) is 0 Å². The molecule has 1 aliphatic rings. The van der Waals surface area contributed by atoms with E-state index in [0.29, 0.717) is 6.04 Å². The first-order chi connectivity index (χ1) is 10.5. The number of likely N-dealkylation sites (tertiary alicyclic amines) is 1. The zero-order valence-corrected chi connectivity index (χ0v) is 14.0. The molecular weight excluding hydrogens is 276 g/mol. The molecule has 0 amide bonds. The number of carboxylic acids is 1. The molecule has 0 saturated carbocycles. The SMILES string of the molecule is Cc1ccc(CN2CCCC(N(C)CC(=O)O)CC2)cc1C. The number of aryl methyl sites for hydroxylation is 2. The quantitative estimate of drug-likeness (QED) is 0.908. The lowest BCUT2D eigenvalue weighted by Crippen LogP contribution is -2.36. The fourth-order valence-electron chi connectivity index (χ4n) is 3.24. The van der Waals surface area contributed by atoms with Crippen LogP contribution in [0.1, 0.15) is 36.0 Å². The highest BCUT2D eigenvalue weighted by Crippen LogP contribution is 2.18. The van der Waals surface area contributed by atoms with Crippen LogP contribution in [0.4, 0.5) is 0 Å². The molecule has 1 N–H and O–H groups in total. The summed E-state index contributed by atoms with van der Waals surface area (Å²) in [6, 6.07) is 7.10. The van der Waals surface area contributed by atoms with E-state index in [9.17, 15) is 4.79 Å². The fourth-order valence-corrected chi connectivity index (χ4v) is 3.24. The van der Waals surface area contributed by atoms with Gasteiger partial charge in [-0.1, -0.05) is 18.2 Å². The Morgan fingerprint density at radius 1 is 1.27 bits per heavy atom. The highest BCUT2D eigenvalue weighted by atomic mass is 16.4. The topological polar surface area (TPSA) is 43.8 Å². The molecule has 0 spiro atoms. The number of likely N-dealkylation sites (N-methyl/N-ethyl adjacent to an activating group) is 1. The van der Waals surface area contributed by atoms with E-state index in [4.69, 9.17) is 5.11 Å². The smallest absolute Gasteiger partial charge is 0.317 e. The van der Waals surface area contributed by atoms with Crippen molar-refractivity contribution < 1.29 is 9.90 Å². The molecular formula is C18H28N2O2.